The molecule has 6 heteroatoms. The summed E-state index contributed by atoms with van der Waals surface area (Å²) < 4.78 is 29.6. The van der Waals surface area contributed by atoms with Crippen LogP contribution in [0.3, 0.4) is 0 Å². The number of hydrogen-bond donors (Lipinski definition) is 0. The fraction of sp³-hybridized carbons (Fsp3) is 0.381. The van der Waals surface area contributed by atoms with Crippen LogP contribution in [-0.2, 0) is 18.4 Å². The summed E-state index contributed by atoms with van der Waals surface area (Å²) in [6, 6.07) is 9.39. The average molecular weight is 368 g/mol. The molecule has 1 fully saturated rings. The highest BCUT2D eigenvalue weighted by molar-refractivity contribution is 5.27. The number of benzene rings is 1. The second-order valence-electron chi connectivity index (χ2n) is 7.63. The Hall–Kier alpha value is -2.63. The third-order valence-electron chi connectivity index (χ3n) is 5.20. The minimum absolute atomic E-state index is 0.368. The van der Waals surface area contributed by atoms with Crippen molar-refractivity contribution in [2.45, 2.75) is 51.0 Å². The molecule has 0 saturated heterocycles. The molecule has 0 aliphatic heterocycles. The van der Waals surface area contributed by atoms with Crippen molar-refractivity contribution in [1.29, 1.82) is 0 Å². The molecular weight excluding hydrogens is 346 g/mol. The molecule has 140 valence electrons. The Kier molecular flexibility index (Phi) is 4.50. The molecule has 3 aromatic rings. The number of nitrogens with zero attached hydrogens (tertiary/aromatic N) is 4. The van der Waals surface area contributed by atoms with E-state index in [4.69, 9.17) is 0 Å². The molecule has 1 aliphatic carbocycles. The second-order valence-corrected chi connectivity index (χ2v) is 7.63. The smallest absolute Gasteiger partial charge is 0.144 e. The highest BCUT2D eigenvalue weighted by atomic mass is 19.1. The fourth-order valence-electron chi connectivity index (χ4n) is 3.46. The summed E-state index contributed by atoms with van der Waals surface area (Å²) in [5, 5.41) is 8.92. The lowest BCUT2D eigenvalue weighted by molar-refractivity contribution is 0.503. The first-order valence-corrected chi connectivity index (χ1v) is 9.26. The lowest BCUT2D eigenvalue weighted by atomic mass is 9.87. The van der Waals surface area contributed by atoms with E-state index in [-0.39, 0.29) is 5.82 Å². The van der Waals surface area contributed by atoms with Gasteiger partial charge in [-0.25, -0.2) is 8.78 Å². The monoisotopic (exact) mass is 368 g/mol. The molecule has 0 atom stereocenters. The molecule has 2 aromatic heterocycles. The zero-order valence-electron chi connectivity index (χ0n) is 15.5. The van der Waals surface area contributed by atoms with Crippen LogP contribution in [-0.4, -0.2) is 19.7 Å². The van der Waals surface area contributed by atoms with Crippen LogP contribution < -0.4 is 0 Å². The molecule has 2 heterocycles. The van der Waals surface area contributed by atoms with E-state index >= 15 is 0 Å². The van der Waals surface area contributed by atoms with Gasteiger partial charge in [0.05, 0.1) is 11.1 Å². The molecule has 1 aromatic carbocycles. The molecule has 1 aliphatic rings. The number of pyridine rings is 1. The van der Waals surface area contributed by atoms with E-state index in [1.165, 1.54) is 12.1 Å². The first-order valence-electron chi connectivity index (χ1n) is 9.26. The summed E-state index contributed by atoms with van der Waals surface area (Å²) in [6.45, 7) is 4.63. The third kappa shape index (κ3) is 3.48. The zero-order valence-corrected chi connectivity index (χ0v) is 15.5. The van der Waals surface area contributed by atoms with E-state index in [0.29, 0.717) is 24.4 Å². The molecule has 0 bridgehead atoms. The fourth-order valence-corrected chi connectivity index (χ4v) is 3.46. The Bertz CT molecular complexity index is 946. The first kappa shape index (κ1) is 17.8. The second kappa shape index (κ2) is 6.83. The van der Waals surface area contributed by atoms with Crippen molar-refractivity contribution < 1.29 is 8.78 Å². The maximum absolute atomic E-state index is 14.1. The van der Waals surface area contributed by atoms with Crippen LogP contribution in [0.2, 0.25) is 0 Å². The highest BCUT2D eigenvalue weighted by Crippen LogP contribution is 2.41. The van der Waals surface area contributed by atoms with Crippen LogP contribution in [0.4, 0.5) is 8.78 Å². The molecule has 1 saturated carbocycles. The lowest BCUT2D eigenvalue weighted by Crippen LogP contribution is -2.26. The summed E-state index contributed by atoms with van der Waals surface area (Å²) >= 11 is 0. The van der Waals surface area contributed by atoms with E-state index in [2.05, 4.69) is 33.6 Å². The van der Waals surface area contributed by atoms with Crippen molar-refractivity contribution in [3.63, 3.8) is 0 Å². The van der Waals surface area contributed by atoms with E-state index in [1.54, 1.807) is 6.20 Å². The van der Waals surface area contributed by atoms with E-state index < -0.39 is 11.2 Å². The van der Waals surface area contributed by atoms with Crippen molar-refractivity contribution in [2.24, 2.45) is 0 Å². The highest BCUT2D eigenvalue weighted by Gasteiger charge is 2.36. The van der Waals surface area contributed by atoms with E-state index in [0.717, 1.165) is 36.3 Å². The van der Waals surface area contributed by atoms with Crippen LogP contribution in [0.25, 0.3) is 0 Å². The summed E-state index contributed by atoms with van der Waals surface area (Å²) in [6.07, 6.45) is 4.33. The topological polar surface area (TPSA) is 43.6 Å². The molecule has 0 unspecified atom stereocenters. The van der Waals surface area contributed by atoms with Crippen LogP contribution in [0, 0.1) is 11.6 Å². The van der Waals surface area contributed by atoms with Crippen LogP contribution in [0.1, 0.15) is 55.5 Å². The summed E-state index contributed by atoms with van der Waals surface area (Å²) in [5.41, 5.74) is 0.826. The Labute approximate surface area is 157 Å². The van der Waals surface area contributed by atoms with Crippen LogP contribution in [0.5, 0.6) is 0 Å². The molecule has 4 rings (SSSR count). The molecule has 0 radical (unpaired) electrons. The molecule has 0 amide bonds. The number of hydrogen-bond acceptors (Lipinski definition) is 3. The Morgan fingerprint density at radius 1 is 1.11 bits per heavy atom. The van der Waals surface area contributed by atoms with Gasteiger partial charge in [0.2, 0.25) is 0 Å². The molecular formula is C21H22F2N4. The number of aryl methyl sites for hydroxylation is 1. The van der Waals surface area contributed by atoms with Gasteiger partial charge in [0.1, 0.15) is 23.3 Å². The van der Waals surface area contributed by atoms with Gasteiger partial charge in [-0.2, -0.15) is 0 Å². The number of aromatic nitrogens is 4. The summed E-state index contributed by atoms with van der Waals surface area (Å²) in [5.74, 6) is 1.34. The maximum Gasteiger partial charge on any atom is 0.144 e. The predicted molar refractivity (Wildman–Crippen MR) is 98.4 cm³/mol. The molecule has 27 heavy (non-hydrogen) atoms. The zero-order chi connectivity index (χ0) is 19.0. The Morgan fingerprint density at radius 3 is 2.63 bits per heavy atom. The van der Waals surface area contributed by atoms with Crippen molar-refractivity contribution in [2.75, 3.05) is 0 Å². The normalized spacial score (nSPS) is 14.5. The van der Waals surface area contributed by atoms with E-state index in [1.807, 2.05) is 18.2 Å². The summed E-state index contributed by atoms with van der Waals surface area (Å²) in [4.78, 5) is 4.49. The molecule has 0 N–H and O–H groups in total. The van der Waals surface area contributed by atoms with Gasteiger partial charge in [0, 0.05) is 18.7 Å². The van der Waals surface area contributed by atoms with Gasteiger partial charge in [-0.3, -0.25) is 4.98 Å². The number of rotatable bonds is 6. The SMILES string of the molecule is CC(C)(c1ccccn1)c1nnc(C2CC2)n1CCc1cc(F)ccc1F. The van der Waals surface area contributed by atoms with Crippen molar-refractivity contribution in [1.82, 2.24) is 19.7 Å². The largest absolute Gasteiger partial charge is 0.314 e. The van der Waals surface area contributed by atoms with Crippen LogP contribution >= 0.6 is 0 Å². The van der Waals surface area contributed by atoms with Crippen molar-refractivity contribution in [3.05, 3.63) is 77.1 Å². The maximum atomic E-state index is 14.1. The summed E-state index contributed by atoms with van der Waals surface area (Å²) in [7, 11) is 0. The quantitative estimate of drug-likeness (QED) is 0.648. The van der Waals surface area contributed by atoms with Crippen molar-refractivity contribution in [3.8, 4) is 0 Å². The first-order chi connectivity index (χ1) is 13.0. The van der Waals surface area contributed by atoms with Gasteiger partial charge in [-0.05, 0) is 69.0 Å². The van der Waals surface area contributed by atoms with Gasteiger partial charge in [-0.15, -0.1) is 10.2 Å². The minimum Gasteiger partial charge on any atom is -0.314 e. The number of halogens is 2. The molecule has 0 spiro atoms. The van der Waals surface area contributed by atoms with Gasteiger partial charge in [0.25, 0.3) is 0 Å². The lowest BCUT2D eigenvalue weighted by Gasteiger charge is -2.24. The van der Waals surface area contributed by atoms with Gasteiger partial charge in [0.15, 0.2) is 0 Å². The predicted octanol–water partition coefficient (Wildman–Crippen LogP) is 4.40. The Balaban J connectivity index is 1.69. The van der Waals surface area contributed by atoms with Gasteiger partial charge >= 0.3 is 0 Å². The van der Waals surface area contributed by atoms with Crippen molar-refractivity contribution >= 4 is 0 Å². The van der Waals surface area contributed by atoms with E-state index in [9.17, 15) is 8.78 Å². The average Bonchev–Trinajstić information content (AvgIpc) is 3.42. The minimum atomic E-state index is -0.443. The van der Waals surface area contributed by atoms with Gasteiger partial charge in [-0.1, -0.05) is 6.07 Å². The van der Waals surface area contributed by atoms with Crippen LogP contribution in [0.15, 0.2) is 42.6 Å². The van der Waals surface area contributed by atoms with Gasteiger partial charge < -0.3 is 4.57 Å². The third-order valence-corrected chi connectivity index (χ3v) is 5.20. The standard InChI is InChI=1S/C21H22F2N4/c1-21(2,18-5-3-4-11-24-18)20-26-25-19(14-6-7-14)27(20)12-10-15-13-16(22)8-9-17(15)23/h3-5,8-9,11,13-14H,6-7,10,12H2,1-2H3. The Morgan fingerprint density at radius 2 is 1.93 bits per heavy atom. The molecule has 4 nitrogen and oxygen atoms in total.